The first-order valence-corrected chi connectivity index (χ1v) is 9.96. The molecule has 0 amide bonds. The van der Waals surface area contributed by atoms with Gasteiger partial charge < -0.3 is 14.0 Å². The Morgan fingerprint density at radius 1 is 1.17 bits per heavy atom. The van der Waals surface area contributed by atoms with E-state index in [1.807, 2.05) is 0 Å². The monoisotopic (exact) mass is 454 g/mol. The van der Waals surface area contributed by atoms with Gasteiger partial charge in [-0.05, 0) is 50.8 Å². The minimum absolute atomic E-state index is 0.0881. The molecule has 160 valence electrons. The second-order valence-electron chi connectivity index (χ2n) is 7.23. The standard InChI is InChI=1S/C18H18ClF3O6S/c1-9-7-10-5-6-11(19)8-12(10)14(28-29(25,26)18(20,21)22)13(9)15(16(23)24)27-17(2,3)4/h5-8,15H,1-4H3,(H,23,24). The van der Waals surface area contributed by atoms with Crippen molar-refractivity contribution in [2.45, 2.75) is 44.9 Å². The normalized spacial score (nSPS) is 14.1. The molecule has 2 aromatic carbocycles. The number of carbonyl (C=O) groups is 1. The molecule has 0 heterocycles. The molecular formula is C18H18ClF3O6S. The van der Waals surface area contributed by atoms with Gasteiger partial charge in [0.05, 0.1) is 5.60 Å². The highest BCUT2D eigenvalue weighted by atomic mass is 35.5. The summed E-state index contributed by atoms with van der Waals surface area (Å²) >= 11 is 5.92. The van der Waals surface area contributed by atoms with Gasteiger partial charge in [-0.2, -0.15) is 21.6 Å². The first-order chi connectivity index (χ1) is 13.0. The van der Waals surface area contributed by atoms with Crippen molar-refractivity contribution < 1.29 is 40.4 Å². The molecule has 0 aliphatic rings. The Hall–Kier alpha value is -2.04. The van der Waals surface area contributed by atoms with Crippen LogP contribution in [0.15, 0.2) is 24.3 Å². The Bertz CT molecular complexity index is 1060. The topological polar surface area (TPSA) is 89.9 Å². The molecule has 0 fully saturated rings. The van der Waals surface area contributed by atoms with Crippen molar-refractivity contribution in [3.8, 4) is 5.75 Å². The average Bonchev–Trinajstić information content (AvgIpc) is 2.51. The third-order valence-electron chi connectivity index (χ3n) is 3.74. The summed E-state index contributed by atoms with van der Waals surface area (Å²) in [7, 11) is -6.09. The quantitative estimate of drug-likeness (QED) is 0.506. The smallest absolute Gasteiger partial charge is 0.479 e. The molecule has 0 aliphatic carbocycles. The van der Waals surface area contributed by atoms with E-state index in [9.17, 15) is 31.5 Å². The van der Waals surface area contributed by atoms with Crippen LogP contribution in [-0.4, -0.2) is 30.6 Å². The highest BCUT2D eigenvalue weighted by molar-refractivity contribution is 7.88. The van der Waals surface area contributed by atoms with Crippen molar-refractivity contribution in [3.05, 3.63) is 40.4 Å². The van der Waals surface area contributed by atoms with E-state index in [1.54, 1.807) is 20.8 Å². The van der Waals surface area contributed by atoms with Crippen LogP contribution in [0.5, 0.6) is 5.75 Å². The highest BCUT2D eigenvalue weighted by Crippen LogP contribution is 2.42. The largest absolute Gasteiger partial charge is 0.534 e. The lowest BCUT2D eigenvalue weighted by Gasteiger charge is -2.28. The number of alkyl halides is 3. The van der Waals surface area contributed by atoms with Crippen molar-refractivity contribution in [1.29, 1.82) is 0 Å². The summed E-state index contributed by atoms with van der Waals surface area (Å²) in [6.07, 6.45) is -1.79. The Labute approximate surface area is 170 Å². The van der Waals surface area contributed by atoms with Gasteiger partial charge in [0.2, 0.25) is 0 Å². The first kappa shape index (κ1) is 23.2. The van der Waals surface area contributed by atoms with Gasteiger partial charge in [-0.15, -0.1) is 0 Å². The second-order valence-corrected chi connectivity index (χ2v) is 9.21. The van der Waals surface area contributed by atoms with Crippen LogP contribution in [-0.2, 0) is 19.6 Å². The number of fused-ring (bicyclic) bond motifs is 1. The first-order valence-electron chi connectivity index (χ1n) is 8.17. The maximum Gasteiger partial charge on any atom is 0.534 e. The lowest BCUT2D eigenvalue weighted by molar-refractivity contribution is -0.160. The minimum Gasteiger partial charge on any atom is -0.479 e. The van der Waals surface area contributed by atoms with Gasteiger partial charge >= 0.3 is 21.6 Å². The van der Waals surface area contributed by atoms with Crippen LogP contribution in [0.3, 0.4) is 0 Å². The van der Waals surface area contributed by atoms with E-state index in [1.165, 1.54) is 31.2 Å². The zero-order chi connectivity index (χ0) is 22.4. The van der Waals surface area contributed by atoms with Crippen molar-refractivity contribution >= 4 is 38.5 Å². The molecule has 0 aromatic heterocycles. The molecule has 0 bridgehead atoms. The number of aryl methyl sites for hydroxylation is 1. The fourth-order valence-electron chi connectivity index (χ4n) is 2.65. The number of hydrogen-bond donors (Lipinski definition) is 1. The van der Waals surface area contributed by atoms with E-state index in [0.717, 1.165) is 0 Å². The van der Waals surface area contributed by atoms with E-state index in [-0.39, 0.29) is 21.5 Å². The number of benzene rings is 2. The highest BCUT2D eigenvalue weighted by Gasteiger charge is 2.49. The van der Waals surface area contributed by atoms with E-state index in [4.69, 9.17) is 16.3 Å². The number of rotatable bonds is 5. The van der Waals surface area contributed by atoms with E-state index < -0.39 is 39.1 Å². The summed E-state index contributed by atoms with van der Waals surface area (Å²) in [5.74, 6) is -2.32. The molecule has 29 heavy (non-hydrogen) atoms. The molecule has 1 unspecified atom stereocenters. The van der Waals surface area contributed by atoms with Gasteiger partial charge in [-0.25, -0.2) is 4.79 Å². The van der Waals surface area contributed by atoms with Crippen LogP contribution >= 0.6 is 11.6 Å². The van der Waals surface area contributed by atoms with Crippen molar-refractivity contribution in [2.24, 2.45) is 0 Å². The third-order valence-corrected chi connectivity index (χ3v) is 4.92. The second kappa shape index (κ2) is 7.66. The molecule has 0 radical (unpaired) electrons. The van der Waals surface area contributed by atoms with Crippen LogP contribution in [0.25, 0.3) is 10.8 Å². The SMILES string of the molecule is Cc1cc2ccc(Cl)cc2c(OS(=O)(=O)C(F)(F)F)c1C(OC(C)(C)C)C(=O)O. The van der Waals surface area contributed by atoms with Crippen LogP contribution in [0.2, 0.25) is 5.02 Å². The number of carboxylic acid groups (broad SMARTS) is 1. The molecular weight excluding hydrogens is 437 g/mol. The Morgan fingerprint density at radius 3 is 2.24 bits per heavy atom. The predicted molar refractivity (Wildman–Crippen MR) is 101 cm³/mol. The number of hydrogen-bond acceptors (Lipinski definition) is 5. The predicted octanol–water partition coefficient (Wildman–Crippen LogP) is 4.97. The van der Waals surface area contributed by atoms with Gasteiger partial charge in [0, 0.05) is 16.0 Å². The molecule has 6 nitrogen and oxygen atoms in total. The summed E-state index contributed by atoms with van der Waals surface area (Å²) < 4.78 is 72.3. The third kappa shape index (κ3) is 5.12. The van der Waals surface area contributed by atoms with E-state index >= 15 is 0 Å². The number of aliphatic carboxylic acids is 1. The van der Waals surface area contributed by atoms with Crippen molar-refractivity contribution in [3.63, 3.8) is 0 Å². The fourth-order valence-corrected chi connectivity index (χ4v) is 3.31. The Balaban J connectivity index is 2.90. The summed E-state index contributed by atoms with van der Waals surface area (Å²) in [5, 5.41) is 9.94. The van der Waals surface area contributed by atoms with Crippen molar-refractivity contribution in [2.75, 3.05) is 0 Å². The Kier molecular flexibility index (Phi) is 6.14. The maximum absolute atomic E-state index is 13.0. The zero-order valence-electron chi connectivity index (χ0n) is 15.8. The average molecular weight is 455 g/mol. The van der Waals surface area contributed by atoms with E-state index in [2.05, 4.69) is 4.18 Å². The lowest BCUT2D eigenvalue weighted by Crippen LogP contribution is -2.31. The molecule has 0 saturated heterocycles. The van der Waals surface area contributed by atoms with Gasteiger partial charge in [-0.1, -0.05) is 23.7 Å². The van der Waals surface area contributed by atoms with Crippen molar-refractivity contribution in [1.82, 2.24) is 0 Å². The summed E-state index contributed by atoms with van der Waals surface area (Å²) in [6.45, 7) is 6.05. The van der Waals surface area contributed by atoms with Crippen LogP contribution in [0, 0.1) is 6.92 Å². The fraction of sp³-hybridized carbons (Fsp3) is 0.389. The summed E-state index contributed by atoms with van der Waals surface area (Å²) in [5.41, 5.74) is -6.92. The molecule has 2 aromatic rings. The zero-order valence-corrected chi connectivity index (χ0v) is 17.4. The van der Waals surface area contributed by atoms with Gasteiger partial charge in [-0.3, -0.25) is 0 Å². The number of halogens is 4. The lowest BCUT2D eigenvalue weighted by atomic mass is 9.96. The molecule has 1 N–H and O–H groups in total. The van der Waals surface area contributed by atoms with Crippen LogP contribution < -0.4 is 4.18 Å². The number of carboxylic acids is 1. The van der Waals surface area contributed by atoms with Crippen LogP contribution in [0.1, 0.15) is 38.0 Å². The molecule has 0 spiro atoms. The minimum atomic E-state index is -6.09. The van der Waals surface area contributed by atoms with Gasteiger partial charge in [0.1, 0.15) is 0 Å². The van der Waals surface area contributed by atoms with Gasteiger partial charge in [0.25, 0.3) is 0 Å². The van der Waals surface area contributed by atoms with E-state index in [0.29, 0.717) is 5.39 Å². The molecule has 0 aliphatic heterocycles. The molecule has 1 atom stereocenters. The number of ether oxygens (including phenoxy) is 1. The van der Waals surface area contributed by atoms with Crippen LogP contribution in [0.4, 0.5) is 13.2 Å². The molecule has 0 saturated carbocycles. The van der Waals surface area contributed by atoms with Gasteiger partial charge in [0.15, 0.2) is 11.9 Å². The summed E-state index contributed by atoms with van der Waals surface area (Å²) in [4.78, 5) is 11.9. The maximum atomic E-state index is 13.0. The summed E-state index contributed by atoms with van der Waals surface area (Å²) in [6, 6.07) is 5.57. The molecule has 11 heteroatoms. The molecule has 2 rings (SSSR count). The Morgan fingerprint density at radius 2 is 1.76 bits per heavy atom.